The Hall–Kier alpha value is -1.59. The Morgan fingerprint density at radius 1 is 1.50 bits per heavy atom. The summed E-state index contributed by atoms with van der Waals surface area (Å²) in [7, 11) is 3.32. The fourth-order valence-corrected chi connectivity index (χ4v) is 1.14. The number of rotatable bonds is 10. The van der Waals surface area contributed by atoms with Crippen LogP contribution in [0.3, 0.4) is 0 Å². The molecule has 0 radical (unpaired) electrons. The van der Waals surface area contributed by atoms with E-state index in [1.165, 1.54) is 0 Å². The summed E-state index contributed by atoms with van der Waals surface area (Å²) in [5.41, 5.74) is 0. The number of ether oxygens (including phenoxy) is 3. The van der Waals surface area contributed by atoms with Crippen molar-refractivity contribution >= 4 is 5.97 Å². The lowest BCUT2D eigenvalue weighted by molar-refractivity contribution is -0.155. The molecule has 0 aliphatic rings. The maximum Gasteiger partial charge on any atom is 0.344 e. The van der Waals surface area contributed by atoms with Crippen LogP contribution >= 0.6 is 0 Å². The summed E-state index contributed by atoms with van der Waals surface area (Å²) >= 11 is 0. The van der Waals surface area contributed by atoms with E-state index < -0.39 is 5.97 Å². The molecule has 1 unspecified atom stereocenters. The summed E-state index contributed by atoms with van der Waals surface area (Å²) in [6, 6.07) is 0. The number of nitrogens with one attached hydrogen (secondary N) is 1. The molecule has 0 aliphatic carbocycles. The Labute approximate surface area is 108 Å². The fourth-order valence-electron chi connectivity index (χ4n) is 1.14. The minimum Gasteiger partial charge on any atom is -0.483 e. The zero-order chi connectivity index (χ0) is 13.8. The number of esters is 1. The largest absolute Gasteiger partial charge is 0.483 e. The number of carbonyl (C=O) groups excluding carboxylic acids is 1. The standard InChI is InChI=1S/C13H21NO4/c1-5-6-7-11(2)17-10-13(15)18-12(8-14-3)9-16-4/h5-7,12,14H,1-2,8-10H2,3-4H3/b7-6-. The van der Waals surface area contributed by atoms with Crippen LogP contribution in [0, 0.1) is 0 Å². The molecule has 0 aromatic rings. The van der Waals surface area contributed by atoms with Crippen molar-refractivity contribution in [2.24, 2.45) is 0 Å². The predicted octanol–water partition coefficient (Wildman–Crippen LogP) is 1.04. The van der Waals surface area contributed by atoms with Crippen LogP contribution in [0.25, 0.3) is 0 Å². The van der Waals surface area contributed by atoms with Gasteiger partial charge in [0.05, 0.1) is 6.61 Å². The number of carbonyl (C=O) groups is 1. The van der Waals surface area contributed by atoms with Gasteiger partial charge in [0.2, 0.25) is 0 Å². The van der Waals surface area contributed by atoms with Crippen molar-refractivity contribution in [3.63, 3.8) is 0 Å². The first-order valence-electron chi connectivity index (χ1n) is 5.57. The van der Waals surface area contributed by atoms with Crippen LogP contribution in [0.2, 0.25) is 0 Å². The van der Waals surface area contributed by atoms with Gasteiger partial charge in [0, 0.05) is 13.7 Å². The molecule has 5 heteroatoms. The molecule has 0 saturated heterocycles. The molecule has 1 atom stereocenters. The van der Waals surface area contributed by atoms with E-state index in [0.29, 0.717) is 18.9 Å². The Bertz CT molecular complexity index is 293. The Balaban J connectivity index is 3.97. The number of likely N-dealkylation sites (N-methyl/N-ethyl adjacent to an activating group) is 1. The van der Waals surface area contributed by atoms with Gasteiger partial charge >= 0.3 is 5.97 Å². The lowest BCUT2D eigenvalue weighted by Crippen LogP contribution is -2.33. The Kier molecular flexibility index (Phi) is 9.62. The molecular formula is C13H21NO4. The smallest absolute Gasteiger partial charge is 0.344 e. The first-order valence-corrected chi connectivity index (χ1v) is 5.57. The second-order valence-corrected chi connectivity index (χ2v) is 3.47. The number of methoxy groups -OCH3 is 1. The van der Waals surface area contributed by atoms with Crippen LogP contribution in [0.5, 0.6) is 0 Å². The second-order valence-electron chi connectivity index (χ2n) is 3.47. The molecule has 0 saturated carbocycles. The number of hydrogen-bond acceptors (Lipinski definition) is 5. The van der Waals surface area contributed by atoms with Gasteiger partial charge in [-0.1, -0.05) is 25.3 Å². The van der Waals surface area contributed by atoms with Crippen LogP contribution in [-0.4, -0.2) is 46.0 Å². The van der Waals surface area contributed by atoms with Crippen LogP contribution in [0.15, 0.2) is 37.1 Å². The van der Waals surface area contributed by atoms with E-state index in [2.05, 4.69) is 18.5 Å². The normalized spacial score (nSPS) is 12.1. The van der Waals surface area contributed by atoms with E-state index in [0.717, 1.165) is 0 Å². The zero-order valence-corrected chi connectivity index (χ0v) is 11.0. The van der Waals surface area contributed by atoms with E-state index in [9.17, 15) is 4.79 Å². The minimum atomic E-state index is -0.458. The SMILES string of the molecule is C=C/C=C\C(=C)OCC(=O)OC(CNC)COC. The topological polar surface area (TPSA) is 56.8 Å². The van der Waals surface area contributed by atoms with Crippen molar-refractivity contribution in [3.8, 4) is 0 Å². The van der Waals surface area contributed by atoms with E-state index in [-0.39, 0.29) is 12.7 Å². The lowest BCUT2D eigenvalue weighted by Gasteiger charge is -2.16. The number of allylic oxidation sites excluding steroid dienone is 3. The maximum atomic E-state index is 11.5. The van der Waals surface area contributed by atoms with Crippen molar-refractivity contribution in [1.29, 1.82) is 0 Å². The van der Waals surface area contributed by atoms with E-state index in [1.54, 1.807) is 32.4 Å². The van der Waals surface area contributed by atoms with Gasteiger partial charge in [-0.3, -0.25) is 0 Å². The van der Waals surface area contributed by atoms with Gasteiger partial charge < -0.3 is 19.5 Å². The summed E-state index contributed by atoms with van der Waals surface area (Å²) in [5, 5.41) is 2.91. The summed E-state index contributed by atoms with van der Waals surface area (Å²) < 4.78 is 15.2. The van der Waals surface area contributed by atoms with E-state index in [1.807, 2.05) is 0 Å². The Morgan fingerprint density at radius 2 is 2.22 bits per heavy atom. The molecule has 0 amide bonds. The number of hydrogen-bond donors (Lipinski definition) is 1. The molecule has 0 aliphatic heterocycles. The molecule has 0 fully saturated rings. The molecule has 18 heavy (non-hydrogen) atoms. The second kappa shape index (κ2) is 10.6. The molecule has 1 N–H and O–H groups in total. The van der Waals surface area contributed by atoms with Gasteiger partial charge in [0.25, 0.3) is 0 Å². The molecule has 5 nitrogen and oxygen atoms in total. The average molecular weight is 255 g/mol. The molecule has 0 heterocycles. The zero-order valence-electron chi connectivity index (χ0n) is 11.0. The molecule has 102 valence electrons. The van der Waals surface area contributed by atoms with E-state index in [4.69, 9.17) is 14.2 Å². The van der Waals surface area contributed by atoms with Gasteiger partial charge in [-0.25, -0.2) is 4.79 Å². The molecule has 0 aromatic carbocycles. The molecule has 0 bridgehead atoms. The van der Waals surface area contributed by atoms with Gasteiger partial charge in [0.1, 0.15) is 11.9 Å². The van der Waals surface area contributed by atoms with Gasteiger partial charge in [-0.05, 0) is 13.1 Å². The monoisotopic (exact) mass is 255 g/mol. The minimum absolute atomic E-state index is 0.176. The maximum absolute atomic E-state index is 11.5. The Morgan fingerprint density at radius 3 is 2.78 bits per heavy atom. The highest BCUT2D eigenvalue weighted by atomic mass is 16.6. The van der Waals surface area contributed by atoms with Gasteiger partial charge in [-0.2, -0.15) is 0 Å². The lowest BCUT2D eigenvalue weighted by atomic mass is 10.4. The van der Waals surface area contributed by atoms with Gasteiger partial charge in [-0.15, -0.1) is 0 Å². The van der Waals surface area contributed by atoms with Gasteiger partial charge in [0.15, 0.2) is 6.61 Å². The highest BCUT2D eigenvalue weighted by Crippen LogP contribution is 1.99. The highest BCUT2D eigenvalue weighted by molar-refractivity contribution is 5.71. The summed E-state index contributed by atoms with van der Waals surface area (Å²) in [5.74, 6) is -0.0794. The van der Waals surface area contributed by atoms with Crippen molar-refractivity contribution < 1.29 is 19.0 Å². The molecule has 0 rings (SSSR count). The predicted molar refractivity (Wildman–Crippen MR) is 70.1 cm³/mol. The first kappa shape index (κ1) is 16.4. The quantitative estimate of drug-likeness (QED) is 0.359. The summed E-state index contributed by atoms with van der Waals surface area (Å²) in [6.45, 7) is 7.81. The molecular weight excluding hydrogens is 234 g/mol. The van der Waals surface area contributed by atoms with Crippen molar-refractivity contribution in [1.82, 2.24) is 5.32 Å². The average Bonchev–Trinajstić information content (AvgIpc) is 2.34. The van der Waals surface area contributed by atoms with Crippen LogP contribution in [-0.2, 0) is 19.0 Å². The van der Waals surface area contributed by atoms with Crippen LogP contribution in [0.1, 0.15) is 0 Å². The highest BCUT2D eigenvalue weighted by Gasteiger charge is 2.13. The van der Waals surface area contributed by atoms with E-state index >= 15 is 0 Å². The third-order valence-corrected chi connectivity index (χ3v) is 1.88. The summed E-state index contributed by atoms with van der Waals surface area (Å²) in [6.07, 6.45) is 4.55. The molecule has 0 spiro atoms. The van der Waals surface area contributed by atoms with Crippen LogP contribution < -0.4 is 5.32 Å². The molecule has 0 aromatic heterocycles. The third-order valence-electron chi connectivity index (χ3n) is 1.88. The third kappa shape index (κ3) is 8.55. The fraction of sp³-hybridized carbons (Fsp3) is 0.462. The summed E-state index contributed by atoms with van der Waals surface area (Å²) in [4.78, 5) is 11.5. The van der Waals surface area contributed by atoms with Crippen molar-refractivity contribution in [3.05, 3.63) is 37.1 Å². The first-order chi connectivity index (χ1) is 8.63. The van der Waals surface area contributed by atoms with Crippen molar-refractivity contribution in [2.45, 2.75) is 6.10 Å². The van der Waals surface area contributed by atoms with Crippen LogP contribution in [0.4, 0.5) is 0 Å². The van der Waals surface area contributed by atoms with Crippen molar-refractivity contribution in [2.75, 3.05) is 33.9 Å².